The van der Waals surface area contributed by atoms with E-state index in [1.54, 1.807) is 9.80 Å². The highest BCUT2D eigenvalue weighted by atomic mass is 16.4. The number of amides is 3. The number of carboxylic acid groups (broad SMARTS) is 1. The zero-order valence-electron chi connectivity index (χ0n) is 17.6. The van der Waals surface area contributed by atoms with Gasteiger partial charge in [-0.3, -0.25) is 9.69 Å². The molecule has 3 amide bonds. The molecule has 0 unspecified atom stereocenters. The van der Waals surface area contributed by atoms with E-state index in [4.69, 9.17) is 0 Å². The summed E-state index contributed by atoms with van der Waals surface area (Å²) in [4.78, 5) is 43.7. The van der Waals surface area contributed by atoms with Crippen molar-refractivity contribution < 1.29 is 19.5 Å². The van der Waals surface area contributed by atoms with Crippen LogP contribution in [0.15, 0.2) is 24.3 Å². The van der Waals surface area contributed by atoms with Gasteiger partial charge in [-0.1, -0.05) is 18.6 Å². The predicted molar refractivity (Wildman–Crippen MR) is 113 cm³/mol. The van der Waals surface area contributed by atoms with E-state index < -0.39 is 11.9 Å². The summed E-state index contributed by atoms with van der Waals surface area (Å²) in [6.45, 7) is 2.90. The summed E-state index contributed by atoms with van der Waals surface area (Å²) in [5.74, 6) is -0.677. The van der Waals surface area contributed by atoms with E-state index >= 15 is 0 Å². The number of fused-ring (bicyclic) bond motifs is 3. The fourth-order valence-electron chi connectivity index (χ4n) is 4.37. The van der Waals surface area contributed by atoms with Crippen molar-refractivity contribution in [2.75, 3.05) is 31.1 Å². The average Bonchev–Trinajstić information content (AvgIpc) is 3.35. The number of aromatic nitrogens is 2. The smallest absolute Gasteiger partial charge is 0.324 e. The van der Waals surface area contributed by atoms with Gasteiger partial charge >= 0.3 is 6.03 Å². The fourth-order valence-corrected chi connectivity index (χ4v) is 4.37. The molecule has 9 heteroatoms. The molecule has 4 rings (SSSR count). The molecule has 2 aromatic rings. The van der Waals surface area contributed by atoms with E-state index in [1.165, 1.54) is 0 Å². The second-order valence-corrected chi connectivity index (χ2v) is 8.22. The Morgan fingerprint density at radius 2 is 1.81 bits per heavy atom. The van der Waals surface area contributed by atoms with Gasteiger partial charge in [-0.2, -0.15) is 0 Å². The van der Waals surface area contributed by atoms with E-state index in [1.807, 2.05) is 24.3 Å². The Hall–Kier alpha value is -3.10. The third-order valence-corrected chi connectivity index (χ3v) is 6.19. The number of hydrogen-bond donors (Lipinski definition) is 1. The SMILES string of the molecule is O=C([O-])C1CCN(C(=O)CCCCCNC(=O)N2CCn3c2nc2ccccc23)CC1. The van der Waals surface area contributed by atoms with E-state index in [-0.39, 0.29) is 11.9 Å². The number of carbonyl (C=O) groups is 3. The van der Waals surface area contributed by atoms with Gasteiger partial charge in [0.25, 0.3) is 0 Å². The van der Waals surface area contributed by atoms with Crippen LogP contribution in [-0.2, 0) is 16.1 Å². The molecule has 166 valence electrons. The Kier molecular flexibility index (Phi) is 6.39. The van der Waals surface area contributed by atoms with Crippen LogP contribution in [0.2, 0.25) is 0 Å². The summed E-state index contributed by atoms with van der Waals surface area (Å²) in [5, 5.41) is 13.8. The van der Waals surface area contributed by atoms with Crippen molar-refractivity contribution in [3.8, 4) is 0 Å². The highest BCUT2D eigenvalue weighted by Gasteiger charge is 2.28. The van der Waals surface area contributed by atoms with Gasteiger partial charge in [0.05, 0.1) is 11.0 Å². The normalized spacial score (nSPS) is 16.5. The van der Waals surface area contributed by atoms with Crippen molar-refractivity contribution in [1.29, 1.82) is 0 Å². The monoisotopic (exact) mass is 426 g/mol. The molecule has 0 aliphatic carbocycles. The Labute approximate surface area is 181 Å². The zero-order valence-corrected chi connectivity index (χ0v) is 17.6. The highest BCUT2D eigenvalue weighted by Crippen LogP contribution is 2.27. The number of likely N-dealkylation sites (tertiary alicyclic amines) is 1. The summed E-state index contributed by atoms with van der Waals surface area (Å²) in [5.41, 5.74) is 1.94. The largest absolute Gasteiger partial charge is 0.550 e. The van der Waals surface area contributed by atoms with Gasteiger partial charge in [0.15, 0.2) is 0 Å². The number of unbranched alkanes of at least 4 members (excludes halogenated alkanes) is 2. The Balaban J connectivity index is 1.14. The number of urea groups is 1. The molecule has 1 aromatic heterocycles. The standard InChI is InChI=1S/C22H29N5O4/c28-19(25-12-9-16(10-13-25)20(29)30)8-2-1-5-11-23-22(31)27-15-14-26-18-7-4-3-6-17(18)24-21(26)27/h3-4,6-7,16H,1-2,5,8-15H2,(H,23,31)(H,29,30)/p-1. The number of nitrogens with one attached hydrogen (secondary N) is 1. The first-order chi connectivity index (χ1) is 15.0. The molecular weight excluding hydrogens is 398 g/mol. The minimum absolute atomic E-state index is 0.0804. The lowest BCUT2D eigenvalue weighted by Crippen LogP contribution is -2.43. The molecular formula is C22H28N5O4-. The maximum Gasteiger partial charge on any atom is 0.324 e. The third kappa shape index (κ3) is 4.65. The molecule has 0 radical (unpaired) electrons. The first kappa shape index (κ1) is 21.1. The van der Waals surface area contributed by atoms with Crippen LogP contribution in [-0.4, -0.2) is 58.5 Å². The highest BCUT2D eigenvalue weighted by molar-refractivity contribution is 5.93. The Bertz CT molecular complexity index is 964. The number of para-hydroxylation sites is 2. The van der Waals surface area contributed by atoms with Crippen molar-refractivity contribution in [3.63, 3.8) is 0 Å². The maximum absolute atomic E-state index is 12.6. The number of benzene rings is 1. The van der Waals surface area contributed by atoms with Gasteiger partial charge < -0.3 is 24.7 Å². The lowest BCUT2D eigenvalue weighted by atomic mass is 9.97. The van der Waals surface area contributed by atoms with E-state index in [2.05, 4.69) is 14.9 Å². The minimum atomic E-state index is -1.01. The average molecular weight is 426 g/mol. The van der Waals surface area contributed by atoms with Crippen LogP contribution in [0.5, 0.6) is 0 Å². The van der Waals surface area contributed by atoms with Gasteiger partial charge in [0.2, 0.25) is 11.9 Å². The lowest BCUT2D eigenvalue weighted by Gasteiger charge is -2.32. The Morgan fingerprint density at radius 3 is 2.58 bits per heavy atom. The summed E-state index contributed by atoms with van der Waals surface area (Å²) in [6, 6.07) is 7.74. The number of hydrogen-bond acceptors (Lipinski definition) is 5. The number of aliphatic carboxylic acids is 1. The molecule has 1 N–H and O–H groups in total. The zero-order chi connectivity index (χ0) is 21.8. The van der Waals surface area contributed by atoms with Crippen LogP contribution in [0.1, 0.15) is 38.5 Å². The molecule has 1 fully saturated rings. The van der Waals surface area contributed by atoms with Crippen molar-refractivity contribution in [1.82, 2.24) is 19.8 Å². The summed E-state index contributed by atoms with van der Waals surface area (Å²) in [7, 11) is 0. The second-order valence-electron chi connectivity index (χ2n) is 8.22. The molecule has 0 bridgehead atoms. The van der Waals surface area contributed by atoms with Crippen molar-refractivity contribution in [2.45, 2.75) is 45.1 Å². The van der Waals surface area contributed by atoms with Crippen LogP contribution >= 0.6 is 0 Å². The number of carbonyl (C=O) groups excluding carboxylic acids is 3. The number of anilines is 1. The number of nitrogens with zero attached hydrogens (tertiary/aromatic N) is 4. The molecule has 1 aromatic carbocycles. The molecule has 0 atom stereocenters. The molecule has 9 nitrogen and oxygen atoms in total. The molecule has 31 heavy (non-hydrogen) atoms. The van der Waals surface area contributed by atoms with Crippen LogP contribution in [0, 0.1) is 5.92 Å². The predicted octanol–water partition coefficient (Wildman–Crippen LogP) is 1.11. The van der Waals surface area contributed by atoms with Gasteiger partial charge in [-0.05, 0) is 37.8 Å². The number of rotatable bonds is 7. The number of piperidine rings is 1. The van der Waals surface area contributed by atoms with E-state index in [9.17, 15) is 19.5 Å². The topological polar surface area (TPSA) is 111 Å². The van der Waals surface area contributed by atoms with Crippen LogP contribution in [0.4, 0.5) is 10.7 Å². The molecule has 1 saturated heterocycles. The first-order valence-corrected chi connectivity index (χ1v) is 11.0. The lowest BCUT2D eigenvalue weighted by molar-refractivity contribution is -0.312. The van der Waals surface area contributed by atoms with Gasteiger partial charge in [0, 0.05) is 51.0 Å². The quantitative estimate of drug-likeness (QED) is 0.667. The van der Waals surface area contributed by atoms with Crippen molar-refractivity contribution >= 4 is 34.9 Å². The summed E-state index contributed by atoms with van der Waals surface area (Å²) in [6.07, 6.45) is 3.82. The van der Waals surface area contributed by atoms with Gasteiger partial charge in [0.1, 0.15) is 0 Å². The van der Waals surface area contributed by atoms with Gasteiger partial charge in [-0.25, -0.2) is 9.78 Å². The van der Waals surface area contributed by atoms with Crippen molar-refractivity contribution in [3.05, 3.63) is 24.3 Å². The van der Waals surface area contributed by atoms with E-state index in [0.29, 0.717) is 51.4 Å². The summed E-state index contributed by atoms with van der Waals surface area (Å²) >= 11 is 0. The second kappa shape index (κ2) is 9.36. The summed E-state index contributed by atoms with van der Waals surface area (Å²) < 4.78 is 2.07. The molecule has 2 aliphatic rings. The first-order valence-electron chi connectivity index (χ1n) is 11.0. The Morgan fingerprint density at radius 1 is 1.03 bits per heavy atom. The fraction of sp³-hybridized carbons (Fsp3) is 0.545. The number of imidazole rings is 1. The molecule has 0 saturated carbocycles. The van der Waals surface area contributed by atoms with E-state index in [0.717, 1.165) is 36.8 Å². The van der Waals surface area contributed by atoms with Crippen LogP contribution < -0.4 is 15.3 Å². The maximum atomic E-state index is 12.6. The molecule has 2 aliphatic heterocycles. The van der Waals surface area contributed by atoms with Gasteiger partial charge in [-0.15, -0.1) is 0 Å². The van der Waals surface area contributed by atoms with Crippen LogP contribution in [0.3, 0.4) is 0 Å². The third-order valence-electron chi connectivity index (χ3n) is 6.19. The molecule has 3 heterocycles. The van der Waals surface area contributed by atoms with Crippen molar-refractivity contribution in [2.24, 2.45) is 5.92 Å². The molecule has 0 spiro atoms. The number of carboxylic acids is 1. The van der Waals surface area contributed by atoms with Crippen LogP contribution in [0.25, 0.3) is 11.0 Å². The minimum Gasteiger partial charge on any atom is -0.550 e.